The van der Waals surface area contributed by atoms with Crippen molar-refractivity contribution in [3.8, 4) is 0 Å². The quantitative estimate of drug-likeness (QED) is 0.767. The van der Waals surface area contributed by atoms with Crippen LogP contribution < -0.4 is 5.32 Å². The molecule has 0 aromatic rings. The summed E-state index contributed by atoms with van der Waals surface area (Å²) in [6.07, 6.45) is 9.04. The molecule has 2 aliphatic carbocycles. The van der Waals surface area contributed by atoms with Crippen LogP contribution in [0, 0.1) is 16.7 Å². The monoisotopic (exact) mass is 248 g/mol. The number of hydrogen-bond acceptors (Lipinski definition) is 2. The lowest BCUT2D eigenvalue weighted by Crippen LogP contribution is -2.38. The van der Waals surface area contributed by atoms with Gasteiger partial charge in [-0.2, -0.15) is 0 Å². The van der Waals surface area contributed by atoms with E-state index in [4.69, 9.17) is 0 Å². The Bertz CT molecular complexity index is 363. The maximum Gasteiger partial charge on any atom is 0.226 e. The molecule has 0 aromatic carbocycles. The van der Waals surface area contributed by atoms with Gasteiger partial charge in [-0.05, 0) is 62.4 Å². The fourth-order valence-corrected chi connectivity index (χ4v) is 4.60. The van der Waals surface area contributed by atoms with E-state index in [1.54, 1.807) is 0 Å². The minimum Gasteiger partial charge on any atom is -0.342 e. The molecule has 3 heteroatoms. The van der Waals surface area contributed by atoms with E-state index in [0.717, 1.165) is 26.2 Å². The van der Waals surface area contributed by atoms with Crippen molar-refractivity contribution in [3.05, 3.63) is 0 Å². The standard InChI is InChI=1S/C15H24N2O/c18-13(12-10-15(12)4-7-16-8-5-15)17-9-6-14(11-17)2-1-3-14/h12,16H,1-11H2. The van der Waals surface area contributed by atoms with Crippen LogP contribution in [0.3, 0.4) is 0 Å². The van der Waals surface area contributed by atoms with Crippen LogP contribution in [0.4, 0.5) is 0 Å². The summed E-state index contributed by atoms with van der Waals surface area (Å²) in [4.78, 5) is 14.8. The van der Waals surface area contributed by atoms with Crippen molar-refractivity contribution in [2.75, 3.05) is 26.2 Å². The van der Waals surface area contributed by atoms with E-state index in [1.165, 1.54) is 44.9 Å². The molecule has 2 aliphatic heterocycles. The van der Waals surface area contributed by atoms with Crippen LogP contribution in [0.25, 0.3) is 0 Å². The Hall–Kier alpha value is -0.570. The van der Waals surface area contributed by atoms with Crippen molar-refractivity contribution in [3.63, 3.8) is 0 Å². The predicted molar refractivity (Wildman–Crippen MR) is 70.1 cm³/mol. The second kappa shape index (κ2) is 3.72. The number of carbonyl (C=O) groups excluding carboxylic acids is 1. The Kier molecular flexibility index (Phi) is 2.33. The Balaban J connectivity index is 1.40. The van der Waals surface area contributed by atoms with Gasteiger partial charge >= 0.3 is 0 Å². The molecule has 2 spiro atoms. The fourth-order valence-electron chi connectivity index (χ4n) is 4.60. The molecule has 1 amide bonds. The van der Waals surface area contributed by atoms with Gasteiger partial charge in [0.15, 0.2) is 0 Å². The summed E-state index contributed by atoms with van der Waals surface area (Å²) in [5.74, 6) is 0.885. The largest absolute Gasteiger partial charge is 0.342 e. The number of carbonyl (C=O) groups is 1. The van der Waals surface area contributed by atoms with E-state index in [1.807, 2.05) is 0 Å². The lowest BCUT2D eigenvalue weighted by Gasteiger charge is -2.38. The highest BCUT2D eigenvalue weighted by molar-refractivity contribution is 5.83. The first kappa shape index (κ1) is 11.3. The van der Waals surface area contributed by atoms with E-state index in [9.17, 15) is 4.79 Å². The topological polar surface area (TPSA) is 32.3 Å². The molecule has 4 aliphatic rings. The summed E-state index contributed by atoms with van der Waals surface area (Å²) in [7, 11) is 0. The van der Waals surface area contributed by atoms with Gasteiger partial charge in [-0.15, -0.1) is 0 Å². The van der Waals surface area contributed by atoms with Gasteiger partial charge < -0.3 is 10.2 Å². The Morgan fingerprint density at radius 1 is 1.11 bits per heavy atom. The molecule has 18 heavy (non-hydrogen) atoms. The van der Waals surface area contributed by atoms with Crippen molar-refractivity contribution in [1.29, 1.82) is 0 Å². The van der Waals surface area contributed by atoms with Gasteiger partial charge in [0.1, 0.15) is 0 Å². The maximum absolute atomic E-state index is 12.6. The molecule has 1 unspecified atom stereocenters. The van der Waals surface area contributed by atoms with Crippen molar-refractivity contribution in [1.82, 2.24) is 10.2 Å². The van der Waals surface area contributed by atoms with E-state index in [2.05, 4.69) is 10.2 Å². The van der Waals surface area contributed by atoms with Crippen LogP contribution in [-0.4, -0.2) is 37.0 Å². The third-order valence-electron chi connectivity index (χ3n) is 6.25. The van der Waals surface area contributed by atoms with Crippen LogP contribution in [0.1, 0.15) is 44.9 Å². The van der Waals surface area contributed by atoms with Crippen LogP contribution in [0.2, 0.25) is 0 Å². The number of nitrogens with one attached hydrogen (secondary N) is 1. The first-order valence-electron chi connectivity index (χ1n) is 7.73. The Morgan fingerprint density at radius 3 is 2.50 bits per heavy atom. The Morgan fingerprint density at radius 2 is 1.89 bits per heavy atom. The second-order valence-electron chi connectivity index (χ2n) is 7.23. The van der Waals surface area contributed by atoms with Crippen molar-refractivity contribution in [2.45, 2.75) is 44.9 Å². The van der Waals surface area contributed by atoms with Gasteiger partial charge in [-0.3, -0.25) is 4.79 Å². The van der Waals surface area contributed by atoms with E-state index < -0.39 is 0 Å². The van der Waals surface area contributed by atoms with Crippen molar-refractivity contribution < 1.29 is 4.79 Å². The zero-order chi connectivity index (χ0) is 12.2. The number of hydrogen-bond donors (Lipinski definition) is 1. The number of rotatable bonds is 1. The zero-order valence-corrected chi connectivity index (χ0v) is 11.2. The molecule has 2 saturated carbocycles. The summed E-state index contributed by atoms with van der Waals surface area (Å²) in [6.45, 7) is 4.36. The van der Waals surface area contributed by atoms with E-state index >= 15 is 0 Å². The fraction of sp³-hybridized carbons (Fsp3) is 0.933. The first-order valence-corrected chi connectivity index (χ1v) is 7.73. The lowest BCUT2D eigenvalue weighted by atomic mass is 9.68. The summed E-state index contributed by atoms with van der Waals surface area (Å²) in [5.41, 5.74) is 0.976. The molecule has 0 radical (unpaired) electrons. The summed E-state index contributed by atoms with van der Waals surface area (Å²) >= 11 is 0. The predicted octanol–water partition coefficient (Wildman–Crippen LogP) is 1.78. The highest BCUT2D eigenvalue weighted by atomic mass is 16.2. The minimum atomic E-state index is 0.384. The van der Waals surface area contributed by atoms with Crippen LogP contribution in [-0.2, 0) is 4.79 Å². The van der Waals surface area contributed by atoms with Gasteiger partial charge in [0.05, 0.1) is 0 Å². The summed E-state index contributed by atoms with van der Waals surface area (Å²) in [6, 6.07) is 0. The zero-order valence-electron chi connectivity index (χ0n) is 11.2. The van der Waals surface area contributed by atoms with Gasteiger partial charge in [-0.25, -0.2) is 0 Å². The number of nitrogens with zero attached hydrogens (tertiary/aromatic N) is 1. The Labute approximate surface area is 109 Å². The molecule has 0 bridgehead atoms. The second-order valence-corrected chi connectivity index (χ2v) is 7.23. The van der Waals surface area contributed by atoms with Crippen LogP contribution >= 0.6 is 0 Å². The van der Waals surface area contributed by atoms with Gasteiger partial charge in [0, 0.05) is 19.0 Å². The summed E-state index contributed by atoms with van der Waals surface area (Å²) in [5, 5.41) is 3.42. The minimum absolute atomic E-state index is 0.384. The molecule has 1 N–H and O–H groups in total. The number of piperidine rings is 1. The molecule has 2 heterocycles. The van der Waals surface area contributed by atoms with Crippen molar-refractivity contribution in [2.24, 2.45) is 16.7 Å². The molecule has 1 atom stereocenters. The number of amides is 1. The highest BCUT2D eigenvalue weighted by Gasteiger charge is 2.59. The average molecular weight is 248 g/mol. The molecule has 4 fully saturated rings. The normalized spacial score (nSPS) is 35.8. The van der Waals surface area contributed by atoms with Crippen LogP contribution in [0.5, 0.6) is 0 Å². The molecule has 2 saturated heterocycles. The molecule has 4 rings (SSSR count). The van der Waals surface area contributed by atoms with Crippen LogP contribution in [0.15, 0.2) is 0 Å². The molecule has 100 valence electrons. The van der Waals surface area contributed by atoms with Crippen molar-refractivity contribution >= 4 is 5.91 Å². The van der Waals surface area contributed by atoms with Gasteiger partial charge in [0.25, 0.3) is 0 Å². The summed E-state index contributed by atoms with van der Waals surface area (Å²) < 4.78 is 0. The third kappa shape index (κ3) is 1.56. The molecule has 3 nitrogen and oxygen atoms in total. The van der Waals surface area contributed by atoms with E-state index in [0.29, 0.717) is 22.7 Å². The first-order chi connectivity index (χ1) is 8.73. The molecular weight excluding hydrogens is 224 g/mol. The average Bonchev–Trinajstić information content (AvgIpc) is 2.86. The molecular formula is C15H24N2O. The molecule has 0 aromatic heterocycles. The smallest absolute Gasteiger partial charge is 0.226 e. The van der Waals surface area contributed by atoms with E-state index in [-0.39, 0.29) is 0 Å². The maximum atomic E-state index is 12.6. The lowest BCUT2D eigenvalue weighted by molar-refractivity contribution is -0.133. The number of likely N-dealkylation sites (tertiary alicyclic amines) is 1. The SMILES string of the molecule is O=C(C1CC12CCNCC2)N1CCC2(CCC2)C1. The highest BCUT2D eigenvalue weighted by Crippen LogP contribution is 2.60. The van der Waals surface area contributed by atoms with Gasteiger partial charge in [0.2, 0.25) is 5.91 Å². The third-order valence-corrected chi connectivity index (χ3v) is 6.25. The van der Waals surface area contributed by atoms with Gasteiger partial charge in [-0.1, -0.05) is 6.42 Å².